The number of nitrogens with one attached hydrogen (secondary N) is 4. The quantitative estimate of drug-likeness (QED) is 0.0934. The molecule has 0 saturated carbocycles. The van der Waals surface area contributed by atoms with Crippen LogP contribution in [0.3, 0.4) is 0 Å². The number of ether oxygens (including phenoxy) is 1. The molecule has 57 heavy (non-hydrogen) atoms. The summed E-state index contributed by atoms with van der Waals surface area (Å²) in [5, 5.41) is 14.4. The molecule has 1 unspecified atom stereocenters. The number of alkyl carbamates (subject to hydrolysis) is 1. The maximum Gasteiger partial charge on any atom is 0.407 e. The fourth-order valence-electron chi connectivity index (χ4n) is 7.95. The molecule has 0 spiro atoms. The summed E-state index contributed by atoms with van der Waals surface area (Å²) in [6.45, 7) is 11.4. The first-order chi connectivity index (χ1) is 27.5. The molecule has 2 fully saturated rings. The Morgan fingerprint density at radius 3 is 1.70 bits per heavy atom. The van der Waals surface area contributed by atoms with Crippen LogP contribution >= 0.6 is 0 Å². The highest BCUT2D eigenvalue weighted by Crippen LogP contribution is 2.35. The Morgan fingerprint density at radius 1 is 0.789 bits per heavy atom. The van der Waals surface area contributed by atoms with Crippen LogP contribution in [0.15, 0.2) is 60.9 Å². The molecule has 2 aliphatic rings. The average molecular weight is 782 g/mol. The van der Waals surface area contributed by atoms with Crippen LogP contribution in [-0.2, 0) is 14.3 Å². The molecule has 2 aromatic carbocycles. The van der Waals surface area contributed by atoms with Crippen LogP contribution < -0.4 is 10.6 Å². The van der Waals surface area contributed by atoms with Crippen molar-refractivity contribution in [3.05, 3.63) is 72.6 Å². The number of methoxy groups -OCH3 is 1. The highest BCUT2D eigenvalue weighted by Gasteiger charge is 2.38. The number of hydrogen-bond donors (Lipinski definition) is 5. The van der Waals surface area contributed by atoms with Gasteiger partial charge < -0.3 is 45.1 Å². The van der Waals surface area contributed by atoms with Gasteiger partial charge in [0.2, 0.25) is 11.8 Å². The molecule has 0 aliphatic carbocycles. The number of aromatic nitrogens is 4. The zero-order valence-corrected chi connectivity index (χ0v) is 33.5. The molecule has 15 nitrogen and oxygen atoms in total. The molecule has 4 aromatic rings. The predicted octanol–water partition coefficient (Wildman–Crippen LogP) is 6.21. The third-order valence-electron chi connectivity index (χ3n) is 11.2. The number of amides is 4. The van der Waals surface area contributed by atoms with Crippen LogP contribution in [0.1, 0.15) is 83.5 Å². The number of hydrogen-bond acceptors (Lipinski definition) is 8. The van der Waals surface area contributed by atoms with Crippen molar-refractivity contribution in [1.82, 2.24) is 45.3 Å². The summed E-state index contributed by atoms with van der Waals surface area (Å²) >= 11 is 0. The highest BCUT2D eigenvalue weighted by molar-refractivity contribution is 5.87. The second-order valence-electron chi connectivity index (χ2n) is 15.1. The minimum absolute atomic E-state index is 0.129. The van der Waals surface area contributed by atoms with Crippen molar-refractivity contribution in [2.24, 2.45) is 5.92 Å². The van der Waals surface area contributed by atoms with Crippen LogP contribution in [0.4, 0.5) is 9.59 Å². The lowest BCUT2D eigenvalue weighted by atomic mass is 10.0. The van der Waals surface area contributed by atoms with E-state index in [9.17, 15) is 24.3 Å². The van der Waals surface area contributed by atoms with Crippen molar-refractivity contribution in [2.75, 3.05) is 39.8 Å². The SMILES string of the molecule is CCN(CC)CC[C@H](NC(=O)OC)C(=O)N1CCCC1c1ncc(-c2ccc(-c3ccc(-c4cnc([C@@H]5CCCN5C(=O)[C@@H](NC(=O)O)C(C)C)[nH]4)cc3)cc2)[nH]1. The second kappa shape index (κ2) is 18.5. The molecule has 4 amide bonds. The summed E-state index contributed by atoms with van der Waals surface area (Å²) in [4.78, 5) is 72.8. The number of nitrogens with zero attached hydrogens (tertiary/aromatic N) is 5. The lowest BCUT2D eigenvalue weighted by Crippen LogP contribution is -2.50. The van der Waals surface area contributed by atoms with Gasteiger partial charge in [-0.3, -0.25) is 9.59 Å². The van der Waals surface area contributed by atoms with E-state index < -0.39 is 24.3 Å². The van der Waals surface area contributed by atoms with E-state index in [4.69, 9.17) is 9.72 Å². The van der Waals surface area contributed by atoms with Crippen molar-refractivity contribution in [2.45, 2.75) is 84.0 Å². The monoisotopic (exact) mass is 781 g/mol. The fraction of sp³-hybridized carbons (Fsp3) is 0.476. The predicted molar refractivity (Wildman–Crippen MR) is 216 cm³/mol. The highest BCUT2D eigenvalue weighted by atomic mass is 16.5. The van der Waals surface area contributed by atoms with Gasteiger partial charge in [0.05, 0.1) is 43.0 Å². The Kier molecular flexibility index (Phi) is 13.3. The van der Waals surface area contributed by atoms with Crippen LogP contribution in [0.25, 0.3) is 33.6 Å². The lowest BCUT2D eigenvalue weighted by molar-refractivity contribution is -0.135. The first-order valence-corrected chi connectivity index (χ1v) is 20.0. The summed E-state index contributed by atoms with van der Waals surface area (Å²) in [6.07, 6.45) is 5.42. The molecule has 6 rings (SSSR count). The first kappa shape index (κ1) is 40.9. The summed E-state index contributed by atoms with van der Waals surface area (Å²) in [7, 11) is 1.30. The summed E-state index contributed by atoms with van der Waals surface area (Å²) < 4.78 is 4.84. The van der Waals surface area contributed by atoms with Gasteiger partial charge in [-0.25, -0.2) is 19.6 Å². The lowest BCUT2D eigenvalue weighted by Gasteiger charge is -2.29. The molecule has 5 N–H and O–H groups in total. The van der Waals surface area contributed by atoms with Crippen molar-refractivity contribution in [1.29, 1.82) is 0 Å². The van der Waals surface area contributed by atoms with E-state index >= 15 is 0 Å². The van der Waals surface area contributed by atoms with Gasteiger partial charge in [0.1, 0.15) is 23.7 Å². The molecular formula is C42H55N9O6. The van der Waals surface area contributed by atoms with Gasteiger partial charge in [0.15, 0.2) is 0 Å². The van der Waals surface area contributed by atoms with E-state index in [2.05, 4.69) is 68.6 Å². The number of imidazole rings is 2. The van der Waals surface area contributed by atoms with Crippen LogP contribution in [0, 0.1) is 5.92 Å². The normalized spacial score (nSPS) is 17.9. The maximum atomic E-state index is 13.8. The van der Waals surface area contributed by atoms with Gasteiger partial charge in [-0.1, -0.05) is 76.2 Å². The molecule has 4 heterocycles. The standard InChI is InChI=1S/C42H55N9O6/c1-6-49(7-2)23-20-31(47-42(56)57-5)39(52)50-21-8-10-34(50)37-43-24-32(45-37)29-16-12-27(13-17-29)28-14-18-30(19-15-28)33-25-44-38(46-33)35-11-9-22-51(35)40(53)36(26(3)4)48-41(54)55/h12-19,24-26,31,34-36,48H,6-11,20-23H2,1-5H3,(H,43,45)(H,44,46)(H,47,56)(H,54,55)/t31-,34?,35-,36-/m0/s1. The zero-order valence-electron chi connectivity index (χ0n) is 33.5. The molecule has 2 saturated heterocycles. The van der Waals surface area contributed by atoms with E-state index in [1.54, 1.807) is 17.3 Å². The first-order valence-electron chi connectivity index (χ1n) is 20.0. The number of benzene rings is 2. The van der Waals surface area contributed by atoms with Crippen molar-refractivity contribution >= 4 is 24.0 Å². The van der Waals surface area contributed by atoms with Gasteiger partial charge in [0.25, 0.3) is 0 Å². The van der Waals surface area contributed by atoms with Gasteiger partial charge in [-0.05, 0) is 73.4 Å². The number of carbonyl (C=O) groups excluding carboxylic acids is 3. The van der Waals surface area contributed by atoms with Crippen molar-refractivity contribution < 1.29 is 29.0 Å². The molecular weight excluding hydrogens is 727 g/mol. The number of rotatable bonds is 15. The molecule has 0 radical (unpaired) electrons. The number of H-pyrrole nitrogens is 2. The van der Waals surface area contributed by atoms with E-state index in [1.165, 1.54) is 7.11 Å². The van der Waals surface area contributed by atoms with E-state index in [1.807, 2.05) is 43.0 Å². The van der Waals surface area contributed by atoms with E-state index in [0.29, 0.717) is 31.9 Å². The summed E-state index contributed by atoms with van der Waals surface area (Å²) in [5.74, 6) is 0.863. The Morgan fingerprint density at radius 2 is 1.26 bits per heavy atom. The fourth-order valence-corrected chi connectivity index (χ4v) is 7.95. The van der Waals surface area contributed by atoms with Gasteiger partial charge in [-0.15, -0.1) is 0 Å². The Hall–Kier alpha value is -5.70. The maximum absolute atomic E-state index is 13.8. The van der Waals surface area contributed by atoms with Gasteiger partial charge in [0, 0.05) is 19.6 Å². The zero-order chi connectivity index (χ0) is 40.6. The topological polar surface area (TPSA) is 189 Å². The average Bonchev–Trinajstić information content (AvgIpc) is 4.06. The molecule has 15 heteroatoms. The molecule has 2 aromatic heterocycles. The summed E-state index contributed by atoms with van der Waals surface area (Å²) in [6, 6.07) is 14.4. The van der Waals surface area contributed by atoms with Crippen LogP contribution in [-0.4, -0.2) is 116 Å². The largest absolute Gasteiger partial charge is 0.465 e. The molecule has 2 aliphatic heterocycles. The van der Waals surface area contributed by atoms with Gasteiger partial charge in [-0.2, -0.15) is 0 Å². The van der Waals surface area contributed by atoms with Crippen molar-refractivity contribution in [3.63, 3.8) is 0 Å². The minimum Gasteiger partial charge on any atom is -0.465 e. The molecule has 4 atom stereocenters. The number of aromatic amines is 2. The van der Waals surface area contributed by atoms with E-state index in [0.717, 1.165) is 78.2 Å². The summed E-state index contributed by atoms with van der Waals surface area (Å²) in [5.41, 5.74) is 5.71. The number of carboxylic acid groups (broad SMARTS) is 1. The Bertz CT molecular complexity index is 1990. The molecule has 304 valence electrons. The minimum atomic E-state index is -1.21. The number of likely N-dealkylation sites (tertiary alicyclic amines) is 2. The second-order valence-corrected chi connectivity index (χ2v) is 15.1. The third kappa shape index (κ3) is 9.47. The number of carbonyl (C=O) groups is 4. The Balaban J connectivity index is 1.10. The van der Waals surface area contributed by atoms with Crippen molar-refractivity contribution in [3.8, 4) is 33.6 Å². The van der Waals surface area contributed by atoms with Crippen LogP contribution in [0.5, 0.6) is 0 Å². The van der Waals surface area contributed by atoms with Gasteiger partial charge >= 0.3 is 12.2 Å². The smallest absolute Gasteiger partial charge is 0.407 e. The third-order valence-corrected chi connectivity index (χ3v) is 11.2. The van der Waals surface area contributed by atoms with E-state index in [-0.39, 0.29) is 29.8 Å². The molecule has 0 bridgehead atoms. The van der Waals surface area contributed by atoms with Crippen LogP contribution in [0.2, 0.25) is 0 Å². The Labute approximate surface area is 333 Å².